The Balaban J connectivity index is 1.54. The molecule has 0 saturated carbocycles. The fourth-order valence-corrected chi connectivity index (χ4v) is 4.66. The normalized spacial score (nSPS) is 13.1. The second-order valence-electron chi connectivity index (χ2n) is 7.52. The van der Waals surface area contributed by atoms with Crippen molar-refractivity contribution in [3.8, 4) is 27.7 Å². The van der Waals surface area contributed by atoms with E-state index in [1.807, 2.05) is 53.4 Å². The zero-order valence-corrected chi connectivity index (χ0v) is 18.1. The molecule has 4 aromatic rings. The van der Waals surface area contributed by atoms with Crippen molar-refractivity contribution in [2.75, 3.05) is 11.5 Å². The van der Waals surface area contributed by atoms with Crippen LogP contribution in [0.3, 0.4) is 0 Å². The first-order valence-corrected chi connectivity index (χ1v) is 10.9. The molecule has 0 atom stereocenters. The van der Waals surface area contributed by atoms with Gasteiger partial charge < -0.3 is 9.64 Å². The highest BCUT2D eigenvalue weighted by atomic mass is 32.1. The highest BCUT2D eigenvalue weighted by Crippen LogP contribution is 2.39. The molecule has 2 aromatic carbocycles. The Morgan fingerprint density at radius 2 is 1.90 bits per heavy atom. The van der Waals surface area contributed by atoms with E-state index in [1.165, 1.54) is 0 Å². The first-order chi connectivity index (χ1) is 15.1. The Morgan fingerprint density at radius 3 is 2.71 bits per heavy atom. The number of aryl methyl sites for hydroxylation is 2. The number of carbonyl (C=O) groups excluding carboxylic acids is 1. The third-order valence-electron chi connectivity index (χ3n) is 5.45. The summed E-state index contributed by atoms with van der Waals surface area (Å²) in [5, 5.41) is 0.884. The number of rotatable bonds is 4. The highest BCUT2D eigenvalue weighted by Gasteiger charge is 2.27. The number of carbonyl (C=O) groups is 1. The largest absolute Gasteiger partial charge is 0.482 e. The number of anilines is 1. The zero-order valence-electron chi connectivity index (χ0n) is 17.3. The van der Waals surface area contributed by atoms with Crippen molar-refractivity contribution in [1.29, 1.82) is 0 Å². The van der Waals surface area contributed by atoms with Crippen molar-refractivity contribution in [3.05, 3.63) is 82.9 Å². The van der Waals surface area contributed by atoms with Gasteiger partial charge in [0.15, 0.2) is 6.61 Å². The SMILES string of the molecule is Cc1ccccc1CN1C(=O)COc2ccc(-c3nc(-c4ccccn4)sc3C)cc21. The van der Waals surface area contributed by atoms with E-state index in [-0.39, 0.29) is 12.5 Å². The molecule has 2 aromatic heterocycles. The molecule has 0 bridgehead atoms. The lowest BCUT2D eigenvalue weighted by Gasteiger charge is -2.30. The van der Waals surface area contributed by atoms with Crippen LogP contribution in [-0.4, -0.2) is 22.5 Å². The predicted octanol–water partition coefficient (Wildman–Crippen LogP) is 5.41. The van der Waals surface area contributed by atoms with Crippen molar-refractivity contribution in [3.63, 3.8) is 0 Å². The minimum absolute atomic E-state index is 0.0444. The van der Waals surface area contributed by atoms with Gasteiger partial charge in [-0.05, 0) is 55.3 Å². The van der Waals surface area contributed by atoms with Crippen molar-refractivity contribution >= 4 is 22.9 Å². The molecule has 5 rings (SSSR count). The lowest BCUT2D eigenvalue weighted by molar-refractivity contribution is -0.121. The minimum Gasteiger partial charge on any atom is -0.482 e. The van der Waals surface area contributed by atoms with Crippen LogP contribution < -0.4 is 9.64 Å². The van der Waals surface area contributed by atoms with Crippen LogP contribution in [-0.2, 0) is 11.3 Å². The smallest absolute Gasteiger partial charge is 0.265 e. The molecule has 0 spiro atoms. The van der Waals surface area contributed by atoms with E-state index in [9.17, 15) is 4.79 Å². The van der Waals surface area contributed by atoms with E-state index in [1.54, 1.807) is 17.5 Å². The van der Waals surface area contributed by atoms with Gasteiger partial charge in [0.05, 0.1) is 23.6 Å². The molecular formula is C25H21N3O2S. The Morgan fingerprint density at radius 1 is 1.06 bits per heavy atom. The number of fused-ring (bicyclic) bond motifs is 1. The number of aromatic nitrogens is 2. The first kappa shape index (κ1) is 19.5. The second-order valence-corrected chi connectivity index (χ2v) is 8.72. The van der Waals surface area contributed by atoms with Crippen LogP contribution in [0.5, 0.6) is 5.75 Å². The Bertz CT molecular complexity index is 1270. The third kappa shape index (κ3) is 3.70. The minimum atomic E-state index is -0.0444. The van der Waals surface area contributed by atoms with Crippen molar-refractivity contribution in [2.24, 2.45) is 0 Å². The molecule has 0 fully saturated rings. The number of ether oxygens (including phenoxy) is 1. The van der Waals surface area contributed by atoms with Gasteiger partial charge >= 0.3 is 0 Å². The summed E-state index contributed by atoms with van der Waals surface area (Å²) in [5.74, 6) is 0.673. The topological polar surface area (TPSA) is 55.3 Å². The van der Waals surface area contributed by atoms with Crippen molar-refractivity contribution in [2.45, 2.75) is 20.4 Å². The van der Waals surface area contributed by atoms with Crippen LogP contribution in [0, 0.1) is 13.8 Å². The van der Waals surface area contributed by atoms with E-state index in [2.05, 4.69) is 31.0 Å². The molecule has 31 heavy (non-hydrogen) atoms. The highest BCUT2D eigenvalue weighted by molar-refractivity contribution is 7.15. The number of nitrogens with zero attached hydrogens (tertiary/aromatic N) is 3. The maximum absolute atomic E-state index is 12.8. The van der Waals surface area contributed by atoms with Crippen LogP contribution in [0.25, 0.3) is 22.0 Å². The van der Waals surface area contributed by atoms with Crippen LogP contribution in [0.15, 0.2) is 66.9 Å². The van der Waals surface area contributed by atoms with Crippen LogP contribution in [0.1, 0.15) is 16.0 Å². The molecule has 1 amide bonds. The molecule has 1 aliphatic rings. The maximum atomic E-state index is 12.8. The molecule has 154 valence electrons. The zero-order chi connectivity index (χ0) is 21.4. The quantitative estimate of drug-likeness (QED) is 0.437. The summed E-state index contributed by atoms with van der Waals surface area (Å²) < 4.78 is 5.71. The maximum Gasteiger partial charge on any atom is 0.265 e. The fourth-order valence-electron chi connectivity index (χ4n) is 3.74. The van der Waals surface area contributed by atoms with Gasteiger partial charge in [0, 0.05) is 16.6 Å². The summed E-state index contributed by atoms with van der Waals surface area (Å²) in [7, 11) is 0. The number of hydrogen-bond acceptors (Lipinski definition) is 5. The van der Waals surface area contributed by atoms with Gasteiger partial charge in [-0.15, -0.1) is 11.3 Å². The van der Waals surface area contributed by atoms with E-state index >= 15 is 0 Å². The summed E-state index contributed by atoms with van der Waals surface area (Å²) in [6.45, 7) is 4.69. The average Bonchev–Trinajstić information content (AvgIpc) is 3.19. The number of benzene rings is 2. The van der Waals surface area contributed by atoms with E-state index in [4.69, 9.17) is 9.72 Å². The molecule has 1 aliphatic heterocycles. The molecular weight excluding hydrogens is 406 g/mol. The number of thiazole rings is 1. The molecule has 0 N–H and O–H groups in total. The summed E-state index contributed by atoms with van der Waals surface area (Å²) in [5.41, 5.74) is 5.79. The molecule has 0 radical (unpaired) electrons. The van der Waals surface area contributed by atoms with E-state index in [0.717, 1.165) is 49.4 Å². The lowest BCUT2D eigenvalue weighted by Crippen LogP contribution is -2.38. The lowest BCUT2D eigenvalue weighted by atomic mass is 10.1. The first-order valence-electron chi connectivity index (χ1n) is 10.1. The van der Waals surface area contributed by atoms with Gasteiger partial charge in [-0.1, -0.05) is 30.3 Å². The van der Waals surface area contributed by atoms with Crippen LogP contribution in [0.2, 0.25) is 0 Å². The van der Waals surface area contributed by atoms with Crippen LogP contribution >= 0.6 is 11.3 Å². The van der Waals surface area contributed by atoms with Gasteiger partial charge in [-0.25, -0.2) is 4.98 Å². The fraction of sp³-hybridized carbons (Fsp3) is 0.160. The van der Waals surface area contributed by atoms with Crippen molar-refractivity contribution in [1.82, 2.24) is 9.97 Å². The molecule has 6 heteroatoms. The molecule has 3 heterocycles. The summed E-state index contributed by atoms with van der Waals surface area (Å²) in [6.07, 6.45) is 1.77. The Labute approximate surface area is 185 Å². The molecule has 5 nitrogen and oxygen atoms in total. The van der Waals surface area contributed by atoms with Gasteiger partial charge in [0.25, 0.3) is 5.91 Å². The Kier molecular flexibility index (Phi) is 5.00. The molecule has 0 saturated heterocycles. The molecule has 0 aliphatic carbocycles. The standard InChI is InChI=1S/C25H21N3O2S/c1-16-7-3-4-8-19(16)14-28-21-13-18(10-11-22(21)30-15-23(28)29)24-17(2)31-25(27-24)20-9-5-6-12-26-20/h3-13H,14-15H2,1-2H3. The van der Waals surface area contributed by atoms with Gasteiger partial charge in [-0.3, -0.25) is 9.78 Å². The Hall–Kier alpha value is -3.51. The van der Waals surface area contributed by atoms with Gasteiger partial charge in [-0.2, -0.15) is 0 Å². The van der Waals surface area contributed by atoms with Gasteiger partial charge in [0.1, 0.15) is 10.8 Å². The number of amides is 1. The van der Waals surface area contributed by atoms with E-state index in [0.29, 0.717) is 6.54 Å². The summed E-state index contributed by atoms with van der Waals surface area (Å²) in [6, 6.07) is 19.9. The van der Waals surface area contributed by atoms with Crippen LogP contribution in [0.4, 0.5) is 5.69 Å². The van der Waals surface area contributed by atoms with E-state index < -0.39 is 0 Å². The molecule has 0 unspecified atom stereocenters. The summed E-state index contributed by atoms with van der Waals surface area (Å²) in [4.78, 5) is 24.9. The number of pyridine rings is 1. The predicted molar refractivity (Wildman–Crippen MR) is 123 cm³/mol. The average molecular weight is 428 g/mol. The monoisotopic (exact) mass is 427 g/mol. The summed E-state index contributed by atoms with van der Waals surface area (Å²) >= 11 is 1.62. The van der Waals surface area contributed by atoms with Crippen molar-refractivity contribution < 1.29 is 9.53 Å². The van der Waals surface area contributed by atoms with Gasteiger partial charge in [0.2, 0.25) is 0 Å². The number of hydrogen-bond donors (Lipinski definition) is 0. The third-order valence-corrected chi connectivity index (χ3v) is 6.44. The second kappa shape index (κ2) is 7.96.